The summed E-state index contributed by atoms with van der Waals surface area (Å²) < 4.78 is 0. The van der Waals surface area contributed by atoms with E-state index in [1.54, 1.807) is 24.5 Å². The van der Waals surface area contributed by atoms with Gasteiger partial charge in [-0.25, -0.2) is 0 Å². The summed E-state index contributed by atoms with van der Waals surface area (Å²) in [6.45, 7) is 0. The number of hydrogen-bond donors (Lipinski definition) is 1. The summed E-state index contributed by atoms with van der Waals surface area (Å²) in [7, 11) is 0. The SMILES string of the molecule is O=C(C=CNc1cccc2cccnc12)c1ccccc1. The third-order valence-corrected chi connectivity index (χ3v) is 3.16. The molecule has 3 rings (SSSR count). The van der Waals surface area contributed by atoms with Gasteiger partial charge >= 0.3 is 0 Å². The van der Waals surface area contributed by atoms with Gasteiger partial charge in [0, 0.05) is 29.4 Å². The molecule has 0 aliphatic rings. The highest BCUT2D eigenvalue weighted by Crippen LogP contribution is 2.20. The zero-order valence-corrected chi connectivity index (χ0v) is 11.4. The Hall–Kier alpha value is -2.94. The van der Waals surface area contributed by atoms with Gasteiger partial charge in [0.25, 0.3) is 0 Å². The maximum absolute atomic E-state index is 12.0. The second kappa shape index (κ2) is 6.01. The van der Waals surface area contributed by atoms with Crippen molar-refractivity contribution in [3.8, 4) is 0 Å². The van der Waals surface area contributed by atoms with Crippen LogP contribution >= 0.6 is 0 Å². The van der Waals surface area contributed by atoms with Crippen LogP contribution in [0.2, 0.25) is 0 Å². The first-order valence-corrected chi connectivity index (χ1v) is 6.71. The highest BCUT2D eigenvalue weighted by atomic mass is 16.1. The monoisotopic (exact) mass is 274 g/mol. The quantitative estimate of drug-likeness (QED) is 0.576. The summed E-state index contributed by atoms with van der Waals surface area (Å²) in [5.41, 5.74) is 2.44. The molecule has 0 atom stereocenters. The van der Waals surface area contributed by atoms with Crippen LogP contribution in [0.25, 0.3) is 10.9 Å². The van der Waals surface area contributed by atoms with Crippen LogP contribution in [0.1, 0.15) is 10.4 Å². The van der Waals surface area contributed by atoms with Crippen molar-refractivity contribution >= 4 is 22.4 Å². The van der Waals surface area contributed by atoms with Crippen molar-refractivity contribution in [2.45, 2.75) is 0 Å². The van der Waals surface area contributed by atoms with Gasteiger partial charge < -0.3 is 5.32 Å². The number of nitrogens with zero attached hydrogens (tertiary/aromatic N) is 1. The topological polar surface area (TPSA) is 42.0 Å². The first-order chi connectivity index (χ1) is 10.3. The summed E-state index contributed by atoms with van der Waals surface area (Å²) >= 11 is 0. The van der Waals surface area contributed by atoms with E-state index in [2.05, 4.69) is 10.3 Å². The van der Waals surface area contributed by atoms with E-state index in [4.69, 9.17) is 0 Å². The maximum atomic E-state index is 12.0. The number of benzene rings is 2. The summed E-state index contributed by atoms with van der Waals surface area (Å²) in [5.74, 6) is -0.0312. The Balaban J connectivity index is 1.78. The lowest BCUT2D eigenvalue weighted by Crippen LogP contribution is -1.96. The standard InChI is InChI=1S/C18H14N2O/c21-17(14-6-2-1-3-7-14)11-13-19-16-10-4-8-15-9-5-12-20-18(15)16/h1-13,19H. The lowest BCUT2D eigenvalue weighted by atomic mass is 10.1. The zero-order chi connectivity index (χ0) is 14.5. The smallest absolute Gasteiger partial charge is 0.187 e. The summed E-state index contributed by atoms with van der Waals surface area (Å²) in [4.78, 5) is 16.3. The molecule has 102 valence electrons. The molecule has 1 heterocycles. The number of hydrogen-bond acceptors (Lipinski definition) is 3. The van der Waals surface area contributed by atoms with E-state index in [-0.39, 0.29) is 5.78 Å². The summed E-state index contributed by atoms with van der Waals surface area (Å²) in [6.07, 6.45) is 4.93. The van der Waals surface area contributed by atoms with Crippen molar-refractivity contribution in [1.29, 1.82) is 0 Å². The van der Waals surface area contributed by atoms with Gasteiger partial charge in [0.15, 0.2) is 5.78 Å². The fourth-order valence-corrected chi connectivity index (χ4v) is 2.13. The van der Waals surface area contributed by atoms with Crippen LogP contribution in [0.4, 0.5) is 5.69 Å². The second-order valence-electron chi connectivity index (χ2n) is 4.59. The van der Waals surface area contributed by atoms with Gasteiger partial charge in [0.2, 0.25) is 0 Å². The number of aromatic nitrogens is 1. The average molecular weight is 274 g/mol. The molecule has 0 saturated carbocycles. The number of fused-ring (bicyclic) bond motifs is 1. The Morgan fingerprint density at radius 1 is 0.952 bits per heavy atom. The van der Waals surface area contributed by atoms with Crippen LogP contribution in [0.15, 0.2) is 79.1 Å². The number of carbonyl (C=O) groups is 1. The molecule has 3 nitrogen and oxygen atoms in total. The minimum atomic E-state index is -0.0312. The zero-order valence-electron chi connectivity index (χ0n) is 11.4. The van der Waals surface area contributed by atoms with Gasteiger partial charge in [-0.15, -0.1) is 0 Å². The molecule has 0 radical (unpaired) electrons. The minimum absolute atomic E-state index is 0.0312. The Morgan fingerprint density at radius 3 is 2.62 bits per heavy atom. The Bertz CT molecular complexity index is 789. The van der Waals surface area contributed by atoms with E-state index in [1.165, 1.54) is 6.08 Å². The van der Waals surface area contributed by atoms with Crippen molar-refractivity contribution in [2.75, 3.05) is 5.32 Å². The molecule has 0 saturated heterocycles. The highest BCUT2D eigenvalue weighted by Gasteiger charge is 2.01. The van der Waals surface area contributed by atoms with Crippen molar-refractivity contribution < 1.29 is 4.79 Å². The minimum Gasteiger partial charge on any atom is -0.360 e. The second-order valence-corrected chi connectivity index (χ2v) is 4.59. The number of carbonyl (C=O) groups excluding carboxylic acids is 1. The molecule has 0 fully saturated rings. The number of para-hydroxylation sites is 1. The molecule has 1 N–H and O–H groups in total. The molecule has 2 aromatic carbocycles. The summed E-state index contributed by atoms with van der Waals surface area (Å²) in [5, 5.41) is 4.18. The normalized spacial score (nSPS) is 10.9. The predicted octanol–water partition coefficient (Wildman–Crippen LogP) is 4.04. The third kappa shape index (κ3) is 2.98. The van der Waals surface area contributed by atoms with Crippen molar-refractivity contribution in [3.05, 3.63) is 84.7 Å². The molecule has 0 aliphatic heterocycles. The fourth-order valence-electron chi connectivity index (χ4n) is 2.13. The lowest BCUT2D eigenvalue weighted by molar-refractivity contribution is 0.104. The van der Waals surface area contributed by atoms with E-state index in [0.29, 0.717) is 5.56 Å². The van der Waals surface area contributed by atoms with E-state index >= 15 is 0 Å². The molecule has 3 heteroatoms. The van der Waals surface area contributed by atoms with Crippen LogP contribution in [0.3, 0.4) is 0 Å². The number of ketones is 1. The lowest BCUT2D eigenvalue weighted by Gasteiger charge is -2.04. The van der Waals surface area contributed by atoms with E-state index in [1.807, 2.05) is 48.5 Å². The van der Waals surface area contributed by atoms with Crippen LogP contribution in [0, 0.1) is 0 Å². The number of anilines is 1. The molecular formula is C18H14N2O. The Kier molecular flexibility index (Phi) is 3.74. The largest absolute Gasteiger partial charge is 0.360 e. The molecular weight excluding hydrogens is 260 g/mol. The molecule has 3 aromatic rings. The third-order valence-electron chi connectivity index (χ3n) is 3.16. The fraction of sp³-hybridized carbons (Fsp3) is 0. The average Bonchev–Trinajstić information content (AvgIpc) is 2.56. The predicted molar refractivity (Wildman–Crippen MR) is 85.3 cm³/mol. The number of nitrogens with one attached hydrogen (secondary N) is 1. The van der Waals surface area contributed by atoms with Gasteiger partial charge in [0.1, 0.15) is 0 Å². The van der Waals surface area contributed by atoms with Gasteiger partial charge in [-0.1, -0.05) is 48.5 Å². The number of pyridine rings is 1. The van der Waals surface area contributed by atoms with Crippen molar-refractivity contribution in [2.24, 2.45) is 0 Å². The Labute approximate surface area is 123 Å². The van der Waals surface area contributed by atoms with Gasteiger partial charge in [0.05, 0.1) is 11.2 Å². The molecule has 0 amide bonds. The van der Waals surface area contributed by atoms with Crippen LogP contribution in [0.5, 0.6) is 0 Å². The molecule has 0 bridgehead atoms. The van der Waals surface area contributed by atoms with Crippen molar-refractivity contribution in [3.63, 3.8) is 0 Å². The summed E-state index contributed by atoms with van der Waals surface area (Å²) in [6, 6.07) is 19.0. The molecule has 0 aliphatic carbocycles. The Morgan fingerprint density at radius 2 is 1.76 bits per heavy atom. The first-order valence-electron chi connectivity index (χ1n) is 6.71. The highest BCUT2D eigenvalue weighted by molar-refractivity contribution is 6.04. The molecule has 0 spiro atoms. The first kappa shape index (κ1) is 13.1. The van der Waals surface area contributed by atoms with Crippen molar-refractivity contribution in [1.82, 2.24) is 4.98 Å². The van der Waals surface area contributed by atoms with E-state index in [0.717, 1.165) is 16.6 Å². The van der Waals surface area contributed by atoms with Gasteiger partial charge in [-0.05, 0) is 12.1 Å². The molecule has 0 unspecified atom stereocenters. The molecule has 21 heavy (non-hydrogen) atoms. The van der Waals surface area contributed by atoms with Crippen LogP contribution in [-0.4, -0.2) is 10.8 Å². The van der Waals surface area contributed by atoms with Gasteiger partial charge in [-0.2, -0.15) is 0 Å². The van der Waals surface area contributed by atoms with Crippen LogP contribution < -0.4 is 5.32 Å². The molecule has 1 aromatic heterocycles. The van der Waals surface area contributed by atoms with Crippen LogP contribution in [-0.2, 0) is 0 Å². The number of rotatable bonds is 4. The van der Waals surface area contributed by atoms with Gasteiger partial charge in [-0.3, -0.25) is 9.78 Å². The van der Waals surface area contributed by atoms with E-state index in [9.17, 15) is 4.79 Å². The maximum Gasteiger partial charge on any atom is 0.187 e. The number of allylic oxidation sites excluding steroid dienone is 1. The van der Waals surface area contributed by atoms with E-state index < -0.39 is 0 Å².